The van der Waals surface area contributed by atoms with Gasteiger partial charge in [0.25, 0.3) is 5.91 Å². The Balaban J connectivity index is 1.80. The first-order chi connectivity index (χ1) is 9.15. The molecule has 2 aliphatic heterocycles. The van der Waals surface area contributed by atoms with Gasteiger partial charge in [-0.25, -0.2) is 0 Å². The fraction of sp³-hybridized carbons (Fsp3) is 0.385. The Kier molecular flexibility index (Phi) is 2.87. The molecule has 0 atom stereocenters. The lowest BCUT2D eigenvalue weighted by molar-refractivity contribution is -0.121. The van der Waals surface area contributed by atoms with Gasteiger partial charge in [-0.15, -0.1) is 0 Å². The monoisotopic (exact) mass is 261 g/mol. The Morgan fingerprint density at radius 3 is 2.95 bits per heavy atom. The van der Waals surface area contributed by atoms with Crippen molar-refractivity contribution in [2.75, 3.05) is 37.0 Å². The van der Waals surface area contributed by atoms with Gasteiger partial charge < -0.3 is 20.3 Å². The van der Waals surface area contributed by atoms with E-state index in [0.717, 1.165) is 13.1 Å². The van der Waals surface area contributed by atoms with Gasteiger partial charge in [-0.05, 0) is 18.2 Å². The molecule has 0 radical (unpaired) electrons. The van der Waals surface area contributed by atoms with Crippen molar-refractivity contribution in [1.29, 1.82) is 0 Å². The molecule has 6 nitrogen and oxygen atoms in total. The van der Waals surface area contributed by atoms with Crippen LogP contribution in [0.5, 0.6) is 5.75 Å². The quantitative estimate of drug-likeness (QED) is 0.798. The number of hydrogen-bond acceptors (Lipinski definition) is 4. The van der Waals surface area contributed by atoms with E-state index in [9.17, 15) is 9.59 Å². The molecule has 0 aliphatic carbocycles. The zero-order valence-corrected chi connectivity index (χ0v) is 10.6. The van der Waals surface area contributed by atoms with Crippen LogP contribution >= 0.6 is 0 Å². The van der Waals surface area contributed by atoms with Crippen molar-refractivity contribution in [2.24, 2.45) is 5.92 Å². The molecule has 1 fully saturated rings. The molecule has 0 saturated carbocycles. The molecule has 6 heteroatoms. The fourth-order valence-electron chi connectivity index (χ4n) is 2.07. The maximum Gasteiger partial charge on any atom is 0.264 e. The zero-order chi connectivity index (χ0) is 13.4. The number of carbonyl (C=O) groups excluding carboxylic acids is 2. The van der Waals surface area contributed by atoms with E-state index in [1.54, 1.807) is 30.1 Å². The maximum atomic E-state index is 11.8. The third kappa shape index (κ3) is 2.15. The number of ether oxygens (including phenoxy) is 1. The van der Waals surface area contributed by atoms with E-state index in [1.807, 2.05) is 0 Å². The lowest BCUT2D eigenvalue weighted by atomic mass is 10.0. The number of benzene rings is 1. The molecule has 1 aromatic carbocycles. The minimum absolute atomic E-state index is 0.00408. The highest BCUT2D eigenvalue weighted by Crippen LogP contribution is 2.33. The molecular formula is C13H15N3O3. The van der Waals surface area contributed by atoms with Crippen LogP contribution in [0.2, 0.25) is 0 Å². The average Bonchev–Trinajstić information content (AvgIpc) is 2.32. The van der Waals surface area contributed by atoms with Crippen LogP contribution in [0.15, 0.2) is 18.2 Å². The number of likely N-dealkylation sites (N-methyl/N-ethyl adjacent to an activating group) is 1. The molecule has 2 N–H and O–H groups in total. The van der Waals surface area contributed by atoms with Gasteiger partial charge in [0.15, 0.2) is 6.61 Å². The second-order valence-corrected chi connectivity index (χ2v) is 4.77. The van der Waals surface area contributed by atoms with Crippen LogP contribution in [-0.2, 0) is 9.59 Å². The van der Waals surface area contributed by atoms with E-state index in [2.05, 4.69) is 10.6 Å². The first-order valence-electron chi connectivity index (χ1n) is 6.20. The highest BCUT2D eigenvalue weighted by molar-refractivity contribution is 5.99. The third-order valence-corrected chi connectivity index (χ3v) is 3.47. The van der Waals surface area contributed by atoms with Crippen LogP contribution in [0.1, 0.15) is 0 Å². The topological polar surface area (TPSA) is 70.7 Å². The van der Waals surface area contributed by atoms with Crippen LogP contribution in [-0.4, -0.2) is 38.6 Å². The van der Waals surface area contributed by atoms with Crippen LogP contribution in [0, 0.1) is 5.92 Å². The number of carbonyl (C=O) groups is 2. The molecule has 0 spiro atoms. The normalized spacial score (nSPS) is 18.4. The smallest absolute Gasteiger partial charge is 0.264 e. The van der Waals surface area contributed by atoms with Gasteiger partial charge in [0, 0.05) is 25.8 Å². The Bertz CT molecular complexity index is 540. The first-order valence-corrected chi connectivity index (χ1v) is 6.20. The summed E-state index contributed by atoms with van der Waals surface area (Å²) < 4.78 is 5.33. The Labute approximate surface area is 110 Å². The lowest BCUT2D eigenvalue weighted by Gasteiger charge is -2.28. The summed E-state index contributed by atoms with van der Waals surface area (Å²) in [4.78, 5) is 24.9. The molecule has 2 amide bonds. The lowest BCUT2D eigenvalue weighted by Crippen LogP contribution is -2.48. The van der Waals surface area contributed by atoms with E-state index in [1.165, 1.54) is 0 Å². The molecule has 0 aromatic heterocycles. The fourth-order valence-corrected chi connectivity index (χ4v) is 2.07. The summed E-state index contributed by atoms with van der Waals surface area (Å²) in [6, 6.07) is 5.32. The van der Waals surface area contributed by atoms with Crippen molar-refractivity contribution in [1.82, 2.24) is 5.32 Å². The highest BCUT2D eigenvalue weighted by Gasteiger charge is 2.26. The summed E-state index contributed by atoms with van der Waals surface area (Å²) in [6.45, 7) is 1.50. The Morgan fingerprint density at radius 2 is 2.26 bits per heavy atom. The molecule has 0 unspecified atom stereocenters. The number of rotatable bonds is 2. The Morgan fingerprint density at radius 1 is 1.47 bits per heavy atom. The van der Waals surface area contributed by atoms with E-state index in [4.69, 9.17) is 4.74 Å². The number of nitrogens with one attached hydrogen (secondary N) is 2. The number of nitrogens with zero attached hydrogens (tertiary/aromatic N) is 1. The van der Waals surface area contributed by atoms with Gasteiger partial charge in [0.05, 0.1) is 11.6 Å². The minimum atomic E-state index is -0.0980. The standard InChI is InChI=1S/C13H15N3O3/c1-16-10-4-9(15-13(18)8-5-14-6-8)2-3-11(10)19-7-12(16)17/h2-4,8,14H,5-7H2,1H3,(H,15,18). The molecule has 3 rings (SSSR count). The molecule has 0 bridgehead atoms. The van der Waals surface area contributed by atoms with Crippen LogP contribution < -0.4 is 20.3 Å². The molecular weight excluding hydrogens is 246 g/mol. The van der Waals surface area contributed by atoms with E-state index in [-0.39, 0.29) is 24.3 Å². The van der Waals surface area contributed by atoms with Crippen molar-refractivity contribution in [3.05, 3.63) is 18.2 Å². The summed E-state index contributed by atoms with van der Waals surface area (Å²) in [5.41, 5.74) is 1.36. The molecule has 19 heavy (non-hydrogen) atoms. The average molecular weight is 261 g/mol. The maximum absolute atomic E-state index is 11.8. The SMILES string of the molecule is CN1C(=O)COc2ccc(NC(=O)C3CNC3)cc21. The summed E-state index contributed by atoms with van der Waals surface area (Å²) >= 11 is 0. The van der Waals surface area contributed by atoms with E-state index < -0.39 is 0 Å². The predicted octanol–water partition coefficient (Wildman–Crippen LogP) is 0.200. The van der Waals surface area contributed by atoms with Crippen LogP contribution in [0.4, 0.5) is 11.4 Å². The number of anilines is 2. The molecule has 1 aromatic rings. The summed E-state index contributed by atoms with van der Waals surface area (Å²) in [5.74, 6) is 0.598. The van der Waals surface area contributed by atoms with Gasteiger partial charge in [0.1, 0.15) is 5.75 Å². The van der Waals surface area contributed by atoms with E-state index in [0.29, 0.717) is 17.1 Å². The second kappa shape index (κ2) is 4.55. The molecule has 2 heterocycles. The third-order valence-electron chi connectivity index (χ3n) is 3.47. The zero-order valence-electron chi connectivity index (χ0n) is 10.6. The highest BCUT2D eigenvalue weighted by atomic mass is 16.5. The van der Waals surface area contributed by atoms with Gasteiger partial charge in [-0.3, -0.25) is 9.59 Å². The van der Waals surface area contributed by atoms with Crippen molar-refractivity contribution in [2.45, 2.75) is 0 Å². The predicted molar refractivity (Wildman–Crippen MR) is 70.3 cm³/mol. The van der Waals surface area contributed by atoms with Gasteiger partial charge in [0.2, 0.25) is 5.91 Å². The van der Waals surface area contributed by atoms with E-state index >= 15 is 0 Å². The van der Waals surface area contributed by atoms with Gasteiger partial charge in [-0.2, -0.15) is 0 Å². The van der Waals surface area contributed by atoms with Gasteiger partial charge in [-0.1, -0.05) is 0 Å². The second-order valence-electron chi connectivity index (χ2n) is 4.77. The largest absolute Gasteiger partial charge is 0.482 e. The number of hydrogen-bond donors (Lipinski definition) is 2. The van der Waals surface area contributed by atoms with Crippen molar-refractivity contribution < 1.29 is 14.3 Å². The van der Waals surface area contributed by atoms with Crippen molar-refractivity contribution in [3.8, 4) is 5.75 Å². The first kappa shape index (κ1) is 12.0. The molecule has 1 saturated heterocycles. The summed E-state index contributed by atoms with van der Waals surface area (Å²) in [7, 11) is 1.70. The van der Waals surface area contributed by atoms with Gasteiger partial charge >= 0.3 is 0 Å². The minimum Gasteiger partial charge on any atom is -0.482 e. The summed E-state index contributed by atoms with van der Waals surface area (Å²) in [5, 5.41) is 5.91. The van der Waals surface area contributed by atoms with Crippen molar-refractivity contribution >= 4 is 23.2 Å². The Hall–Kier alpha value is -2.08. The van der Waals surface area contributed by atoms with Crippen LogP contribution in [0.3, 0.4) is 0 Å². The number of amides is 2. The summed E-state index contributed by atoms with van der Waals surface area (Å²) in [6.07, 6.45) is 0. The van der Waals surface area contributed by atoms with Crippen molar-refractivity contribution in [3.63, 3.8) is 0 Å². The molecule has 100 valence electrons. The van der Waals surface area contributed by atoms with Crippen LogP contribution in [0.25, 0.3) is 0 Å². The number of fused-ring (bicyclic) bond motifs is 1. The molecule has 2 aliphatic rings.